The minimum Gasteiger partial charge on any atom is -0.329 e. The minimum atomic E-state index is -0.208. The van der Waals surface area contributed by atoms with E-state index in [1.165, 1.54) is 4.90 Å². The molecule has 0 bridgehead atoms. The molecular formula is C10H16N2O2S. The molecule has 1 unspecified atom stereocenters. The van der Waals surface area contributed by atoms with Crippen molar-refractivity contribution in [1.29, 1.82) is 0 Å². The van der Waals surface area contributed by atoms with Gasteiger partial charge < -0.3 is 5.73 Å². The van der Waals surface area contributed by atoms with Crippen LogP contribution in [0.1, 0.15) is 20.3 Å². The molecule has 15 heavy (non-hydrogen) atoms. The van der Waals surface area contributed by atoms with Crippen LogP contribution in [0.25, 0.3) is 0 Å². The van der Waals surface area contributed by atoms with Crippen molar-refractivity contribution in [3.8, 4) is 0 Å². The van der Waals surface area contributed by atoms with Crippen LogP contribution in [0.15, 0.2) is 11.0 Å². The largest absolute Gasteiger partial charge is 0.329 e. The number of thioether (sulfide) groups is 1. The lowest BCUT2D eigenvalue weighted by molar-refractivity contribution is -0.122. The summed E-state index contributed by atoms with van der Waals surface area (Å²) in [6.07, 6.45) is 2.82. The molecule has 0 spiro atoms. The Balaban J connectivity index is 2.77. The van der Waals surface area contributed by atoms with Crippen LogP contribution < -0.4 is 5.73 Å². The summed E-state index contributed by atoms with van der Waals surface area (Å²) in [5.41, 5.74) is 5.33. The van der Waals surface area contributed by atoms with Gasteiger partial charge in [-0.25, -0.2) is 0 Å². The summed E-state index contributed by atoms with van der Waals surface area (Å²) in [6.45, 7) is 4.69. The number of allylic oxidation sites excluding steroid dienone is 1. The van der Waals surface area contributed by atoms with Gasteiger partial charge >= 0.3 is 0 Å². The van der Waals surface area contributed by atoms with Gasteiger partial charge in [-0.1, -0.05) is 26.3 Å². The first-order valence-corrected chi connectivity index (χ1v) is 5.87. The fraction of sp³-hybridized carbons (Fsp3) is 0.600. The number of nitrogens with two attached hydrogens (primary N) is 1. The Morgan fingerprint density at radius 3 is 2.73 bits per heavy atom. The highest BCUT2D eigenvalue weighted by Gasteiger charge is 2.34. The lowest BCUT2D eigenvalue weighted by Crippen LogP contribution is -2.33. The number of imide groups is 1. The van der Waals surface area contributed by atoms with E-state index in [1.54, 1.807) is 0 Å². The lowest BCUT2D eigenvalue weighted by Gasteiger charge is -2.09. The summed E-state index contributed by atoms with van der Waals surface area (Å²) in [7, 11) is 0. The van der Waals surface area contributed by atoms with Crippen LogP contribution in [-0.2, 0) is 4.79 Å². The third-order valence-electron chi connectivity index (χ3n) is 2.31. The van der Waals surface area contributed by atoms with Crippen LogP contribution in [-0.4, -0.2) is 29.1 Å². The van der Waals surface area contributed by atoms with Crippen LogP contribution in [0.2, 0.25) is 0 Å². The standard InChI is InChI=1S/C10H16N2O2S/c1-3-7(2)6-8-9(13)12(5-4-11)10(14)15-8/h6-7H,3-5,11H2,1-2H3/b8-6+. The highest BCUT2D eigenvalue weighted by molar-refractivity contribution is 8.18. The Morgan fingerprint density at radius 1 is 1.53 bits per heavy atom. The molecule has 1 aliphatic rings. The number of hydrogen-bond donors (Lipinski definition) is 1. The first kappa shape index (κ1) is 12.3. The molecule has 1 heterocycles. The molecule has 0 aromatic rings. The van der Waals surface area contributed by atoms with E-state index >= 15 is 0 Å². The molecular weight excluding hydrogens is 212 g/mol. The molecule has 4 nitrogen and oxygen atoms in total. The van der Waals surface area contributed by atoms with Gasteiger partial charge in [-0.05, 0) is 17.7 Å². The van der Waals surface area contributed by atoms with Crippen LogP contribution >= 0.6 is 11.8 Å². The van der Waals surface area contributed by atoms with Gasteiger partial charge in [0.05, 0.1) is 4.91 Å². The number of amides is 2. The molecule has 1 rings (SSSR count). The SMILES string of the molecule is CCC(C)/C=C1/SC(=O)N(CCN)C1=O. The fourth-order valence-corrected chi connectivity index (χ4v) is 2.18. The second kappa shape index (κ2) is 5.32. The van der Waals surface area contributed by atoms with Crippen molar-refractivity contribution >= 4 is 22.9 Å². The molecule has 1 saturated heterocycles. The second-order valence-corrected chi connectivity index (χ2v) is 4.52. The van der Waals surface area contributed by atoms with Crippen LogP contribution in [0, 0.1) is 5.92 Å². The van der Waals surface area contributed by atoms with Gasteiger partial charge in [0.2, 0.25) is 0 Å². The molecule has 84 valence electrons. The zero-order valence-electron chi connectivity index (χ0n) is 9.03. The summed E-state index contributed by atoms with van der Waals surface area (Å²) >= 11 is 1.01. The lowest BCUT2D eigenvalue weighted by atomic mass is 10.1. The predicted octanol–water partition coefficient (Wildman–Crippen LogP) is 1.57. The topological polar surface area (TPSA) is 63.4 Å². The molecule has 0 aliphatic carbocycles. The number of rotatable bonds is 4. The zero-order chi connectivity index (χ0) is 11.4. The smallest absolute Gasteiger partial charge is 0.293 e. The molecule has 0 saturated carbocycles. The Morgan fingerprint density at radius 2 is 2.20 bits per heavy atom. The maximum absolute atomic E-state index is 11.7. The molecule has 1 fully saturated rings. The van der Waals surface area contributed by atoms with Crippen molar-refractivity contribution in [2.24, 2.45) is 11.7 Å². The Bertz CT molecular complexity index is 302. The second-order valence-electron chi connectivity index (χ2n) is 3.53. The van der Waals surface area contributed by atoms with Crippen LogP contribution in [0.5, 0.6) is 0 Å². The Kier molecular flexibility index (Phi) is 4.35. The van der Waals surface area contributed by atoms with E-state index in [2.05, 4.69) is 0 Å². The molecule has 2 N–H and O–H groups in total. The van der Waals surface area contributed by atoms with Crippen LogP contribution in [0.3, 0.4) is 0 Å². The van der Waals surface area contributed by atoms with E-state index in [0.29, 0.717) is 23.9 Å². The van der Waals surface area contributed by atoms with Gasteiger partial charge in [0.25, 0.3) is 11.1 Å². The number of hydrogen-bond acceptors (Lipinski definition) is 4. The molecule has 5 heteroatoms. The van der Waals surface area contributed by atoms with Crippen molar-refractivity contribution < 1.29 is 9.59 Å². The summed E-state index contributed by atoms with van der Waals surface area (Å²) in [5.74, 6) is 0.123. The molecule has 1 aliphatic heterocycles. The first-order chi connectivity index (χ1) is 7.10. The monoisotopic (exact) mass is 228 g/mol. The van der Waals surface area contributed by atoms with E-state index in [0.717, 1.165) is 18.2 Å². The molecule has 0 aromatic heterocycles. The summed E-state index contributed by atoms with van der Waals surface area (Å²) in [4.78, 5) is 24.9. The minimum absolute atomic E-state index is 0.198. The maximum atomic E-state index is 11.7. The highest BCUT2D eigenvalue weighted by Crippen LogP contribution is 2.31. The van der Waals surface area contributed by atoms with Gasteiger partial charge in [0.15, 0.2) is 0 Å². The third kappa shape index (κ3) is 2.82. The fourth-order valence-electron chi connectivity index (χ4n) is 1.21. The van der Waals surface area contributed by atoms with E-state index in [4.69, 9.17) is 5.73 Å². The van der Waals surface area contributed by atoms with Gasteiger partial charge in [-0.15, -0.1) is 0 Å². The summed E-state index contributed by atoms with van der Waals surface area (Å²) < 4.78 is 0. The van der Waals surface area contributed by atoms with Crippen molar-refractivity contribution in [2.45, 2.75) is 20.3 Å². The van der Waals surface area contributed by atoms with Crippen LogP contribution in [0.4, 0.5) is 4.79 Å². The molecule has 0 radical (unpaired) electrons. The summed E-state index contributed by atoms with van der Waals surface area (Å²) in [5, 5.41) is -0.208. The average Bonchev–Trinajstić information content (AvgIpc) is 2.46. The zero-order valence-corrected chi connectivity index (χ0v) is 9.84. The third-order valence-corrected chi connectivity index (χ3v) is 3.23. The number of carbonyl (C=O) groups is 2. The van der Waals surface area contributed by atoms with E-state index < -0.39 is 0 Å². The van der Waals surface area contributed by atoms with E-state index in [9.17, 15) is 9.59 Å². The van der Waals surface area contributed by atoms with Crippen molar-refractivity contribution in [3.05, 3.63) is 11.0 Å². The van der Waals surface area contributed by atoms with Gasteiger partial charge in [-0.3, -0.25) is 14.5 Å². The van der Waals surface area contributed by atoms with Crippen molar-refractivity contribution in [1.82, 2.24) is 4.90 Å². The molecule has 1 atom stereocenters. The van der Waals surface area contributed by atoms with Crippen molar-refractivity contribution in [3.63, 3.8) is 0 Å². The highest BCUT2D eigenvalue weighted by atomic mass is 32.2. The van der Waals surface area contributed by atoms with E-state index in [-0.39, 0.29) is 11.1 Å². The first-order valence-electron chi connectivity index (χ1n) is 5.05. The maximum Gasteiger partial charge on any atom is 0.293 e. The molecule has 2 amide bonds. The number of nitrogens with zero attached hydrogens (tertiary/aromatic N) is 1. The normalized spacial score (nSPS) is 21.5. The van der Waals surface area contributed by atoms with Gasteiger partial charge in [-0.2, -0.15) is 0 Å². The average molecular weight is 228 g/mol. The Hall–Kier alpha value is -0.810. The van der Waals surface area contributed by atoms with E-state index in [1.807, 2.05) is 19.9 Å². The quantitative estimate of drug-likeness (QED) is 0.742. The molecule has 0 aromatic carbocycles. The van der Waals surface area contributed by atoms with Crippen molar-refractivity contribution in [2.75, 3.05) is 13.1 Å². The van der Waals surface area contributed by atoms with Gasteiger partial charge in [0, 0.05) is 13.1 Å². The predicted molar refractivity (Wildman–Crippen MR) is 61.3 cm³/mol. The number of carbonyl (C=O) groups excluding carboxylic acids is 2. The van der Waals surface area contributed by atoms with Gasteiger partial charge in [0.1, 0.15) is 0 Å². The summed E-state index contributed by atoms with van der Waals surface area (Å²) in [6, 6.07) is 0. The Labute approximate surface area is 93.9 Å².